The summed E-state index contributed by atoms with van der Waals surface area (Å²) in [4.78, 5) is 19.6. The van der Waals surface area contributed by atoms with Gasteiger partial charge in [-0.15, -0.1) is 0 Å². The monoisotopic (exact) mass is 572 g/mol. The summed E-state index contributed by atoms with van der Waals surface area (Å²) in [5.74, 6) is 1.38. The molecule has 5 heterocycles. The predicted molar refractivity (Wildman–Crippen MR) is 160 cm³/mol. The number of benzene rings is 2. The van der Waals surface area contributed by atoms with Crippen molar-refractivity contribution in [2.75, 3.05) is 25.0 Å². The molecule has 0 atom stereocenters. The van der Waals surface area contributed by atoms with E-state index >= 15 is 4.39 Å². The first-order valence-corrected chi connectivity index (χ1v) is 14.4. The Morgan fingerprint density at radius 1 is 0.953 bits per heavy atom. The Bertz CT molecular complexity index is 1790. The zero-order valence-electron chi connectivity index (χ0n) is 23.4. The lowest BCUT2D eigenvalue weighted by atomic mass is 10.0. The summed E-state index contributed by atoms with van der Waals surface area (Å²) in [6, 6.07) is 22.7. The molecule has 1 fully saturated rings. The molecule has 0 aliphatic carbocycles. The van der Waals surface area contributed by atoms with Crippen molar-refractivity contribution >= 4 is 5.82 Å². The zero-order chi connectivity index (χ0) is 29.2. The molecule has 214 valence electrons. The Morgan fingerprint density at radius 2 is 1.77 bits per heavy atom. The van der Waals surface area contributed by atoms with Crippen molar-refractivity contribution in [3.05, 3.63) is 96.5 Å². The molecule has 10 heteroatoms. The number of pyridine rings is 1. The predicted octanol–water partition coefficient (Wildman–Crippen LogP) is 5.55. The third-order valence-electron chi connectivity index (χ3n) is 8.00. The van der Waals surface area contributed by atoms with Gasteiger partial charge in [0.2, 0.25) is 5.82 Å². The molecule has 2 aliphatic heterocycles. The molecule has 0 unspecified atom stereocenters. The Hall–Kier alpha value is -5.14. The topological polar surface area (TPSA) is 105 Å². The van der Waals surface area contributed by atoms with Gasteiger partial charge < -0.3 is 14.6 Å². The highest BCUT2D eigenvalue weighted by molar-refractivity contribution is 5.83. The Morgan fingerprint density at radius 3 is 2.56 bits per heavy atom. The second kappa shape index (κ2) is 11.6. The third kappa shape index (κ3) is 5.43. The van der Waals surface area contributed by atoms with E-state index < -0.39 is 5.82 Å². The van der Waals surface area contributed by atoms with Gasteiger partial charge in [-0.05, 0) is 24.5 Å². The number of nitrogens with one attached hydrogen (secondary N) is 1. The second-order valence-electron chi connectivity index (χ2n) is 10.8. The van der Waals surface area contributed by atoms with E-state index in [1.165, 1.54) is 11.8 Å². The number of nitriles is 1. The average Bonchev–Trinajstić information content (AvgIpc) is 3.31. The van der Waals surface area contributed by atoms with Crippen molar-refractivity contribution < 1.29 is 9.13 Å². The summed E-state index contributed by atoms with van der Waals surface area (Å²) in [6.07, 6.45) is 6.35. The van der Waals surface area contributed by atoms with Crippen LogP contribution in [0.2, 0.25) is 0 Å². The molecule has 2 aliphatic rings. The molecule has 1 N–H and O–H groups in total. The van der Waals surface area contributed by atoms with Gasteiger partial charge in [-0.25, -0.2) is 19.3 Å². The van der Waals surface area contributed by atoms with Crippen molar-refractivity contribution in [1.82, 2.24) is 29.4 Å². The molecular formula is C33H29FN8O. The summed E-state index contributed by atoms with van der Waals surface area (Å²) < 4.78 is 23.0. The minimum atomic E-state index is -0.449. The number of hydrogen-bond acceptors (Lipinski definition) is 8. The van der Waals surface area contributed by atoms with Crippen molar-refractivity contribution in [2.45, 2.75) is 32.0 Å². The van der Waals surface area contributed by atoms with Crippen LogP contribution >= 0.6 is 0 Å². The van der Waals surface area contributed by atoms with E-state index in [-0.39, 0.29) is 5.82 Å². The normalized spacial score (nSPS) is 15.1. The van der Waals surface area contributed by atoms with E-state index in [1.807, 2.05) is 24.3 Å². The first kappa shape index (κ1) is 26.7. The number of ether oxygens (including phenoxy) is 1. The van der Waals surface area contributed by atoms with Gasteiger partial charge in [0.1, 0.15) is 24.3 Å². The number of anilines is 1. The van der Waals surface area contributed by atoms with Crippen LogP contribution in [-0.4, -0.2) is 55.1 Å². The number of hydrogen-bond donors (Lipinski definition) is 1. The van der Waals surface area contributed by atoms with E-state index in [0.29, 0.717) is 42.1 Å². The standard InChI is InChI=1S/C33H29FN8O/c34-26-19-36-20-27-30(26)33-40-31(32(42(33)16-17-43-27)24-4-2-1-3-5-24)23-8-6-22(7-9-23)21-41-14-11-25(12-15-41)38-28-10-13-37-29(18-35)39-28/h1-10,13,19-20,25H,11-12,14-17,21H2,(H,37,38,39). The molecule has 2 aromatic carbocycles. The Balaban J connectivity index is 1.11. The van der Waals surface area contributed by atoms with Gasteiger partial charge in [-0.1, -0.05) is 54.6 Å². The number of imidazole rings is 1. The van der Waals surface area contributed by atoms with E-state index in [0.717, 1.165) is 55.0 Å². The number of nitrogens with zero attached hydrogens (tertiary/aromatic N) is 7. The summed E-state index contributed by atoms with van der Waals surface area (Å²) >= 11 is 0. The first-order chi connectivity index (χ1) is 21.2. The van der Waals surface area contributed by atoms with Gasteiger partial charge in [0.05, 0.1) is 35.9 Å². The lowest BCUT2D eigenvalue weighted by molar-refractivity contribution is 0.211. The van der Waals surface area contributed by atoms with Gasteiger partial charge in [-0.2, -0.15) is 5.26 Å². The second-order valence-corrected chi connectivity index (χ2v) is 10.8. The van der Waals surface area contributed by atoms with E-state index in [2.05, 4.69) is 66.1 Å². The van der Waals surface area contributed by atoms with Crippen LogP contribution in [0, 0.1) is 17.1 Å². The largest absolute Gasteiger partial charge is 0.489 e. The third-order valence-corrected chi connectivity index (χ3v) is 8.00. The van der Waals surface area contributed by atoms with Crippen molar-refractivity contribution in [3.8, 4) is 45.7 Å². The van der Waals surface area contributed by atoms with Crippen LogP contribution in [0.25, 0.3) is 33.9 Å². The van der Waals surface area contributed by atoms with Crippen molar-refractivity contribution in [2.24, 2.45) is 0 Å². The zero-order valence-corrected chi connectivity index (χ0v) is 23.4. The first-order valence-electron chi connectivity index (χ1n) is 14.4. The van der Waals surface area contributed by atoms with Gasteiger partial charge in [0.15, 0.2) is 11.6 Å². The summed E-state index contributed by atoms with van der Waals surface area (Å²) in [7, 11) is 0. The SMILES string of the molecule is N#Cc1nccc(NC2CCN(Cc3ccc(-c4nc5n(c4-c4ccccc4)CCOc4cncc(F)c4-5)cc3)CC2)n1. The maximum atomic E-state index is 15.1. The van der Waals surface area contributed by atoms with Crippen LogP contribution in [0.5, 0.6) is 5.75 Å². The highest BCUT2D eigenvalue weighted by Gasteiger charge is 2.28. The molecule has 0 bridgehead atoms. The van der Waals surface area contributed by atoms with Crippen LogP contribution in [0.4, 0.5) is 10.2 Å². The lowest BCUT2D eigenvalue weighted by Crippen LogP contribution is -2.38. The molecular weight excluding hydrogens is 543 g/mol. The fraction of sp³-hybridized carbons (Fsp3) is 0.242. The smallest absolute Gasteiger partial charge is 0.234 e. The number of rotatable bonds is 6. The van der Waals surface area contributed by atoms with E-state index in [1.54, 1.807) is 18.5 Å². The van der Waals surface area contributed by atoms with Crippen LogP contribution in [0.3, 0.4) is 0 Å². The summed E-state index contributed by atoms with van der Waals surface area (Å²) in [5, 5.41) is 12.5. The number of aromatic nitrogens is 5. The molecule has 0 saturated carbocycles. The molecule has 5 aromatic rings. The molecule has 0 spiro atoms. The average molecular weight is 573 g/mol. The molecule has 0 amide bonds. The maximum absolute atomic E-state index is 15.1. The molecule has 9 nitrogen and oxygen atoms in total. The molecule has 43 heavy (non-hydrogen) atoms. The quantitative estimate of drug-likeness (QED) is 0.283. The van der Waals surface area contributed by atoms with Crippen molar-refractivity contribution in [3.63, 3.8) is 0 Å². The van der Waals surface area contributed by atoms with Crippen LogP contribution in [0.15, 0.2) is 79.3 Å². The number of piperidine rings is 1. The number of halogens is 1. The fourth-order valence-electron chi connectivity index (χ4n) is 5.91. The van der Waals surface area contributed by atoms with Crippen LogP contribution in [0.1, 0.15) is 24.2 Å². The van der Waals surface area contributed by atoms with Crippen molar-refractivity contribution in [1.29, 1.82) is 5.26 Å². The molecule has 7 rings (SSSR count). The summed E-state index contributed by atoms with van der Waals surface area (Å²) in [6.45, 7) is 3.71. The maximum Gasteiger partial charge on any atom is 0.234 e. The highest BCUT2D eigenvalue weighted by Crippen LogP contribution is 2.41. The number of likely N-dealkylation sites (tertiary alicyclic amines) is 1. The minimum Gasteiger partial charge on any atom is -0.489 e. The van der Waals surface area contributed by atoms with Gasteiger partial charge in [0.25, 0.3) is 0 Å². The fourth-order valence-corrected chi connectivity index (χ4v) is 5.91. The number of fused-ring (bicyclic) bond motifs is 3. The molecule has 3 aromatic heterocycles. The lowest BCUT2D eigenvalue weighted by Gasteiger charge is -2.32. The molecule has 0 radical (unpaired) electrons. The van der Waals surface area contributed by atoms with E-state index in [4.69, 9.17) is 15.0 Å². The van der Waals surface area contributed by atoms with Gasteiger partial charge >= 0.3 is 0 Å². The van der Waals surface area contributed by atoms with Crippen LogP contribution < -0.4 is 10.1 Å². The Kier molecular flexibility index (Phi) is 7.23. The van der Waals surface area contributed by atoms with E-state index in [9.17, 15) is 0 Å². The Labute approximate surface area is 248 Å². The highest BCUT2D eigenvalue weighted by atomic mass is 19.1. The summed E-state index contributed by atoms with van der Waals surface area (Å²) in [5.41, 5.74) is 5.31. The van der Waals surface area contributed by atoms with Gasteiger partial charge in [-0.3, -0.25) is 9.88 Å². The van der Waals surface area contributed by atoms with Crippen LogP contribution in [-0.2, 0) is 13.1 Å². The molecule has 1 saturated heterocycles. The van der Waals surface area contributed by atoms with Gasteiger partial charge in [0, 0.05) is 43.0 Å². The minimum absolute atomic E-state index is 0.177.